The summed E-state index contributed by atoms with van der Waals surface area (Å²) < 4.78 is 11.1. The number of carbonyl (C=O) groups excluding carboxylic acids is 2. The van der Waals surface area contributed by atoms with Gasteiger partial charge >= 0.3 is 0 Å². The Morgan fingerprint density at radius 3 is 2.79 bits per heavy atom. The second-order valence-electron chi connectivity index (χ2n) is 6.38. The summed E-state index contributed by atoms with van der Waals surface area (Å²) in [6, 6.07) is 12.6. The molecule has 0 saturated heterocycles. The van der Waals surface area contributed by atoms with Gasteiger partial charge in [-0.3, -0.25) is 20.4 Å². The molecule has 3 rings (SSSR count). The van der Waals surface area contributed by atoms with E-state index in [1.807, 2.05) is 24.3 Å². The van der Waals surface area contributed by atoms with Gasteiger partial charge in [0, 0.05) is 11.4 Å². The van der Waals surface area contributed by atoms with E-state index in [9.17, 15) is 9.59 Å². The average molecular weight is 423 g/mol. The molecule has 1 atom stereocenters. The molecule has 0 radical (unpaired) electrons. The Bertz CT molecular complexity index is 860. The fourth-order valence-corrected chi connectivity index (χ4v) is 3.26. The summed E-state index contributed by atoms with van der Waals surface area (Å²) in [7, 11) is 0. The normalized spacial score (nSPS) is 15.1. The van der Waals surface area contributed by atoms with Gasteiger partial charge in [-0.15, -0.1) is 0 Å². The molecule has 1 unspecified atom stereocenters. The number of hydrogen-bond acceptors (Lipinski definition) is 4. The van der Waals surface area contributed by atoms with Crippen molar-refractivity contribution in [3.05, 3.63) is 58.1 Å². The van der Waals surface area contributed by atoms with Crippen molar-refractivity contribution < 1.29 is 19.1 Å². The maximum Gasteiger partial charge on any atom is 0.245 e. The molecule has 2 N–H and O–H groups in total. The molecule has 1 aliphatic rings. The maximum atomic E-state index is 12.2. The van der Waals surface area contributed by atoms with Crippen molar-refractivity contribution in [1.82, 2.24) is 10.9 Å². The summed E-state index contributed by atoms with van der Waals surface area (Å²) in [5.74, 6) is 0.405. The first kappa shape index (κ1) is 20.3. The van der Waals surface area contributed by atoms with Crippen LogP contribution in [-0.2, 0) is 16.0 Å². The fourth-order valence-electron chi connectivity index (χ4n) is 2.80. The SMILES string of the molecule is O=C(CCCOc1ccc(Cl)cc1Cl)NNC(=O)C1COc2ccccc2C1. The lowest BCUT2D eigenvalue weighted by Crippen LogP contribution is -2.47. The molecule has 8 heteroatoms. The van der Waals surface area contributed by atoms with Gasteiger partial charge in [0.1, 0.15) is 18.1 Å². The minimum Gasteiger partial charge on any atom is -0.492 e. The first-order valence-electron chi connectivity index (χ1n) is 8.90. The van der Waals surface area contributed by atoms with E-state index in [0.717, 1.165) is 11.3 Å². The lowest BCUT2D eigenvalue weighted by molar-refractivity contribution is -0.132. The van der Waals surface area contributed by atoms with Gasteiger partial charge in [0.05, 0.1) is 17.5 Å². The van der Waals surface area contributed by atoms with E-state index in [0.29, 0.717) is 35.2 Å². The van der Waals surface area contributed by atoms with Crippen molar-refractivity contribution in [1.29, 1.82) is 0 Å². The summed E-state index contributed by atoms with van der Waals surface area (Å²) in [5, 5.41) is 0.944. The van der Waals surface area contributed by atoms with Gasteiger partial charge in [-0.2, -0.15) is 0 Å². The Labute approximate surface area is 173 Å². The molecule has 2 amide bonds. The van der Waals surface area contributed by atoms with Crippen LogP contribution in [-0.4, -0.2) is 25.0 Å². The van der Waals surface area contributed by atoms with Gasteiger partial charge in [-0.25, -0.2) is 0 Å². The second-order valence-corrected chi connectivity index (χ2v) is 7.23. The molecular formula is C20H20Cl2N2O4. The summed E-state index contributed by atoms with van der Waals surface area (Å²) >= 11 is 11.8. The molecule has 2 aromatic carbocycles. The van der Waals surface area contributed by atoms with Crippen LogP contribution in [0.3, 0.4) is 0 Å². The number of carbonyl (C=O) groups is 2. The Hall–Kier alpha value is -2.44. The van der Waals surface area contributed by atoms with Crippen LogP contribution in [0.2, 0.25) is 10.0 Å². The highest BCUT2D eigenvalue weighted by Gasteiger charge is 2.25. The molecule has 28 heavy (non-hydrogen) atoms. The number of benzene rings is 2. The van der Waals surface area contributed by atoms with Gasteiger partial charge in [0.15, 0.2) is 0 Å². The van der Waals surface area contributed by atoms with Crippen LogP contribution in [0.5, 0.6) is 11.5 Å². The summed E-state index contributed by atoms with van der Waals surface area (Å²) in [4.78, 5) is 24.1. The molecule has 0 aliphatic carbocycles. The number of rotatable bonds is 6. The molecule has 148 valence electrons. The molecule has 0 aromatic heterocycles. The molecule has 6 nitrogen and oxygen atoms in total. The molecule has 0 bridgehead atoms. The van der Waals surface area contributed by atoms with E-state index < -0.39 is 0 Å². The summed E-state index contributed by atoms with van der Waals surface area (Å²) in [6.07, 6.45) is 1.25. The number of ether oxygens (including phenoxy) is 2. The van der Waals surface area contributed by atoms with E-state index in [1.165, 1.54) is 0 Å². The Morgan fingerprint density at radius 2 is 1.96 bits per heavy atom. The molecule has 1 heterocycles. The van der Waals surface area contributed by atoms with Crippen LogP contribution in [0.25, 0.3) is 0 Å². The van der Waals surface area contributed by atoms with Crippen molar-refractivity contribution in [3.63, 3.8) is 0 Å². The highest BCUT2D eigenvalue weighted by atomic mass is 35.5. The van der Waals surface area contributed by atoms with Crippen LogP contribution in [0.15, 0.2) is 42.5 Å². The highest BCUT2D eigenvalue weighted by molar-refractivity contribution is 6.35. The van der Waals surface area contributed by atoms with Crippen molar-refractivity contribution in [2.24, 2.45) is 5.92 Å². The highest BCUT2D eigenvalue weighted by Crippen LogP contribution is 2.28. The Morgan fingerprint density at radius 1 is 1.14 bits per heavy atom. The topological polar surface area (TPSA) is 76.7 Å². The molecule has 0 fully saturated rings. The predicted octanol–water partition coefficient (Wildman–Crippen LogP) is 3.55. The van der Waals surface area contributed by atoms with E-state index in [-0.39, 0.29) is 30.8 Å². The lowest BCUT2D eigenvalue weighted by Gasteiger charge is -2.24. The third-order valence-electron chi connectivity index (χ3n) is 4.27. The van der Waals surface area contributed by atoms with Crippen molar-refractivity contribution in [3.8, 4) is 11.5 Å². The van der Waals surface area contributed by atoms with E-state index in [4.69, 9.17) is 32.7 Å². The number of halogens is 2. The molecule has 2 aromatic rings. The van der Waals surface area contributed by atoms with Gasteiger partial charge in [0.2, 0.25) is 11.8 Å². The van der Waals surface area contributed by atoms with E-state index in [2.05, 4.69) is 10.9 Å². The molecule has 0 saturated carbocycles. The summed E-state index contributed by atoms with van der Waals surface area (Å²) in [6.45, 7) is 0.602. The first-order chi connectivity index (χ1) is 13.5. The zero-order chi connectivity index (χ0) is 19.9. The largest absolute Gasteiger partial charge is 0.492 e. The van der Waals surface area contributed by atoms with Gasteiger partial charge in [0.25, 0.3) is 0 Å². The number of amides is 2. The third-order valence-corrected chi connectivity index (χ3v) is 4.80. The van der Waals surface area contributed by atoms with Crippen molar-refractivity contribution >= 4 is 35.0 Å². The van der Waals surface area contributed by atoms with Crippen LogP contribution < -0.4 is 20.3 Å². The molecular weight excluding hydrogens is 403 g/mol. The Kier molecular flexibility index (Phi) is 7.01. The third kappa shape index (κ3) is 5.53. The average Bonchev–Trinajstić information content (AvgIpc) is 2.70. The second kappa shape index (κ2) is 9.66. The standard InChI is InChI=1S/C20H20Cl2N2O4/c21-15-7-8-18(16(22)11-15)27-9-3-6-19(25)23-24-20(26)14-10-13-4-1-2-5-17(13)28-12-14/h1-2,4-5,7-8,11,14H,3,6,9-10,12H2,(H,23,25)(H,24,26). The quantitative estimate of drug-likeness (QED) is 0.551. The molecule has 1 aliphatic heterocycles. The van der Waals surface area contributed by atoms with Crippen molar-refractivity contribution in [2.75, 3.05) is 13.2 Å². The number of fused-ring (bicyclic) bond motifs is 1. The monoisotopic (exact) mass is 422 g/mol. The predicted molar refractivity (Wildman–Crippen MR) is 107 cm³/mol. The number of hydrazine groups is 1. The fraction of sp³-hybridized carbons (Fsp3) is 0.300. The van der Waals surface area contributed by atoms with Crippen LogP contribution in [0.1, 0.15) is 18.4 Å². The zero-order valence-electron chi connectivity index (χ0n) is 15.0. The summed E-state index contributed by atoms with van der Waals surface area (Å²) in [5.41, 5.74) is 5.87. The minimum absolute atomic E-state index is 0.204. The number of para-hydroxylation sites is 1. The van der Waals surface area contributed by atoms with Crippen molar-refractivity contribution in [2.45, 2.75) is 19.3 Å². The van der Waals surface area contributed by atoms with Crippen LogP contribution in [0.4, 0.5) is 0 Å². The number of hydrogen-bond donors (Lipinski definition) is 2. The zero-order valence-corrected chi connectivity index (χ0v) is 16.6. The van der Waals surface area contributed by atoms with Crippen LogP contribution >= 0.6 is 23.2 Å². The number of nitrogens with one attached hydrogen (secondary N) is 2. The maximum absolute atomic E-state index is 12.2. The van der Waals surface area contributed by atoms with Crippen LogP contribution in [0, 0.1) is 5.92 Å². The van der Waals surface area contributed by atoms with Gasteiger partial charge in [-0.05, 0) is 42.7 Å². The first-order valence-corrected chi connectivity index (χ1v) is 9.66. The molecule has 0 spiro atoms. The lowest BCUT2D eigenvalue weighted by atomic mass is 9.96. The van der Waals surface area contributed by atoms with E-state index in [1.54, 1.807) is 18.2 Å². The Balaban J connectivity index is 1.35. The minimum atomic E-state index is -0.342. The smallest absolute Gasteiger partial charge is 0.245 e. The van der Waals surface area contributed by atoms with E-state index >= 15 is 0 Å². The van der Waals surface area contributed by atoms with Gasteiger partial charge in [-0.1, -0.05) is 41.4 Å². The van der Waals surface area contributed by atoms with Gasteiger partial charge < -0.3 is 9.47 Å².